The van der Waals surface area contributed by atoms with Crippen molar-refractivity contribution in [3.63, 3.8) is 0 Å². The summed E-state index contributed by atoms with van der Waals surface area (Å²) < 4.78 is 14.4. The molecule has 1 aromatic heterocycles. The number of benzene rings is 2. The molecule has 190 valence electrons. The first-order chi connectivity index (χ1) is 17.8. The second-order valence-corrected chi connectivity index (χ2v) is 10.1. The van der Waals surface area contributed by atoms with Gasteiger partial charge in [-0.05, 0) is 50.1 Å². The highest BCUT2D eigenvalue weighted by Gasteiger charge is 2.52. The molecule has 6 rings (SSSR count). The highest BCUT2D eigenvalue weighted by Crippen LogP contribution is 2.44. The molecular weight excluding hydrogens is 497 g/mol. The highest BCUT2D eigenvalue weighted by molar-refractivity contribution is 6.36. The number of nitrogens with zero attached hydrogens (tertiary/aromatic N) is 5. The third-order valence-electron chi connectivity index (χ3n) is 7.39. The molecule has 3 aromatic rings. The van der Waals surface area contributed by atoms with Gasteiger partial charge >= 0.3 is 0 Å². The largest absolute Gasteiger partial charge is 0.360 e. The molecule has 4 heterocycles. The zero-order valence-electron chi connectivity index (χ0n) is 20.3. The molecule has 37 heavy (non-hydrogen) atoms. The molecule has 11 heteroatoms. The van der Waals surface area contributed by atoms with Gasteiger partial charge in [-0.25, -0.2) is 14.4 Å². The minimum atomic E-state index is -1.03. The average Bonchev–Trinajstić information content (AvgIpc) is 3.37. The SMILES string of the molecule is CN1CNc2ncnc(N3CCC[C@H]3C3(C)Nc4cccc(Cl)c4C(=O)N3c3cccc(F)c3)c2C1=O. The van der Waals surface area contributed by atoms with E-state index >= 15 is 0 Å². The Hall–Kier alpha value is -3.92. The lowest BCUT2D eigenvalue weighted by atomic mass is 9.91. The molecule has 2 N–H and O–H groups in total. The number of carbonyl (C=O) groups excluding carboxylic acids is 2. The van der Waals surface area contributed by atoms with E-state index in [1.165, 1.54) is 18.5 Å². The molecule has 0 radical (unpaired) electrons. The predicted octanol–water partition coefficient (Wildman–Crippen LogP) is 4.18. The summed E-state index contributed by atoms with van der Waals surface area (Å²) in [6, 6.07) is 10.9. The minimum Gasteiger partial charge on any atom is -0.360 e. The summed E-state index contributed by atoms with van der Waals surface area (Å²) in [4.78, 5) is 41.3. The summed E-state index contributed by atoms with van der Waals surface area (Å²) in [5, 5.41) is 7.04. The van der Waals surface area contributed by atoms with Gasteiger partial charge in [0, 0.05) is 19.3 Å². The Morgan fingerprint density at radius 3 is 2.73 bits per heavy atom. The minimum absolute atomic E-state index is 0.174. The van der Waals surface area contributed by atoms with Crippen LogP contribution in [0.25, 0.3) is 0 Å². The van der Waals surface area contributed by atoms with Crippen LogP contribution < -0.4 is 20.4 Å². The van der Waals surface area contributed by atoms with Crippen molar-refractivity contribution in [2.45, 2.75) is 31.5 Å². The van der Waals surface area contributed by atoms with E-state index < -0.39 is 11.5 Å². The first-order valence-electron chi connectivity index (χ1n) is 12.1. The maximum atomic E-state index is 14.4. The van der Waals surface area contributed by atoms with Gasteiger partial charge in [-0.2, -0.15) is 0 Å². The Labute approximate surface area is 218 Å². The zero-order chi connectivity index (χ0) is 25.9. The first kappa shape index (κ1) is 23.5. The summed E-state index contributed by atoms with van der Waals surface area (Å²) in [7, 11) is 1.71. The summed E-state index contributed by atoms with van der Waals surface area (Å²) in [6.45, 7) is 2.89. The van der Waals surface area contributed by atoms with Crippen molar-refractivity contribution in [3.05, 3.63) is 70.8 Å². The summed E-state index contributed by atoms with van der Waals surface area (Å²) in [6.07, 6.45) is 2.96. The van der Waals surface area contributed by atoms with Gasteiger partial charge < -0.3 is 20.4 Å². The van der Waals surface area contributed by atoms with E-state index in [-0.39, 0.29) is 17.9 Å². The molecule has 0 saturated carbocycles. The molecule has 2 atom stereocenters. The van der Waals surface area contributed by atoms with Crippen LogP contribution in [0.3, 0.4) is 0 Å². The van der Waals surface area contributed by atoms with Crippen molar-refractivity contribution in [1.82, 2.24) is 14.9 Å². The monoisotopic (exact) mass is 521 g/mol. The van der Waals surface area contributed by atoms with Gasteiger partial charge in [0.15, 0.2) is 0 Å². The number of aromatic nitrogens is 2. The Morgan fingerprint density at radius 1 is 1.11 bits per heavy atom. The average molecular weight is 522 g/mol. The molecule has 0 aliphatic carbocycles. The molecule has 3 aliphatic heterocycles. The van der Waals surface area contributed by atoms with Crippen LogP contribution in [-0.2, 0) is 0 Å². The molecule has 1 unspecified atom stereocenters. The molecule has 2 aromatic carbocycles. The Balaban J connectivity index is 1.51. The molecule has 1 fully saturated rings. The van der Waals surface area contributed by atoms with Crippen molar-refractivity contribution < 1.29 is 14.0 Å². The third-order valence-corrected chi connectivity index (χ3v) is 7.71. The maximum absolute atomic E-state index is 14.4. The number of rotatable bonds is 3. The standard InChI is InChI=1S/C26H25ClFN7O2/c1-26(19-10-5-11-34(19)23-21-22(29-13-30-23)31-14-33(2)24(21)36)32-18-9-4-8-17(27)20(18)25(37)35(26)16-7-3-6-15(28)12-16/h3-4,6-9,12-13,19,32H,5,10-11,14H2,1-2H3,(H,29,30,31)/t19-,26?/m0/s1. The lowest BCUT2D eigenvalue weighted by Gasteiger charge is -2.52. The van der Waals surface area contributed by atoms with Crippen molar-refractivity contribution >= 4 is 46.4 Å². The van der Waals surface area contributed by atoms with Crippen LogP contribution in [0, 0.1) is 5.82 Å². The van der Waals surface area contributed by atoms with Crippen molar-refractivity contribution in [2.24, 2.45) is 0 Å². The quantitative estimate of drug-likeness (QED) is 0.534. The van der Waals surface area contributed by atoms with Crippen molar-refractivity contribution in [2.75, 3.05) is 40.7 Å². The normalized spacial score (nSPS) is 22.9. The van der Waals surface area contributed by atoms with E-state index in [4.69, 9.17) is 11.6 Å². The van der Waals surface area contributed by atoms with Gasteiger partial charge in [-0.1, -0.05) is 23.7 Å². The smallest absolute Gasteiger partial charge is 0.263 e. The van der Waals surface area contributed by atoms with E-state index in [0.717, 1.165) is 6.42 Å². The topological polar surface area (TPSA) is 93.7 Å². The Morgan fingerprint density at radius 2 is 1.92 bits per heavy atom. The molecule has 9 nitrogen and oxygen atoms in total. The van der Waals surface area contributed by atoms with Crippen molar-refractivity contribution in [3.8, 4) is 0 Å². The predicted molar refractivity (Wildman–Crippen MR) is 140 cm³/mol. The van der Waals surface area contributed by atoms with Gasteiger partial charge in [0.2, 0.25) is 0 Å². The van der Waals surface area contributed by atoms with Gasteiger partial charge in [-0.15, -0.1) is 0 Å². The first-order valence-corrected chi connectivity index (χ1v) is 12.4. The van der Waals surface area contributed by atoms with Crippen LogP contribution in [0.1, 0.15) is 40.5 Å². The fourth-order valence-electron chi connectivity index (χ4n) is 5.72. The Bertz CT molecular complexity index is 1440. The number of anilines is 4. The summed E-state index contributed by atoms with van der Waals surface area (Å²) >= 11 is 6.47. The zero-order valence-corrected chi connectivity index (χ0v) is 21.1. The number of carbonyl (C=O) groups is 2. The Kier molecular flexibility index (Phi) is 5.45. The number of halogens is 2. The van der Waals surface area contributed by atoms with Crippen LogP contribution in [0.2, 0.25) is 5.02 Å². The van der Waals surface area contributed by atoms with Gasteiger partial charge in [0.05, 0.1) is 29.0 Å². The molecule has 0 spiro atoms. The molecule has 3 aliphatic rings. The number of amides is 2. The molecule has 2 amide bonds. The van der Waals surface area contributed by atoms with Crippen LogP contribution in [-0.4, -0.2) is 58.6 Å². The van der Waals surface area contributed by atoms with Crippen LogP contribution in [0.5, 0.6) is 0 Å². The molecular formula is C26H25ClFN7O2. The highest BCUT2D eigenvalue weighted by atomic mass is 35.5. The number of nitrogens with one attached hydrogen (secondary N) is 2. The van der Waals surface area contributed by atoms with Gasteiger partial charge in [-0.3, -0.25) is 14.5 Å². The molecule has 1 saturated heterocycles. The van der Waals surface area contributed by atoms with E-state index in [9.17, 15) is 14.0 Å². The number of hydrogen-bond donors (Lipinski definition) is 2. The van der Waals surface area contributed by atoms with Gasteiger partial charge in [0.25, 0.3) is 11.8 Å². The fraction of sp³-hybridized carbons (Fsp3) is 0.308. The van der Waals surface area contributed by atoms with Crippen LogP contribution >= 0.6 is 11.6 Å². The third kappa shape index (κ3) is 3.58. The maximum Gasteiger partial charge on any atom is 0.263 e. The van der Waals surface area contributed by atoms with Crippen LogP contribution in [0.4, 0.5) is 27.4 Å². The number of fused-ring (bicyclic) bond motifs is 2. The fourth-order valence-corrected chi connectivity index (χ4v) is 5.97. The summed E-state index contributed by atoms with van der Waals surface area (Å²) in [5.74, 6) is 0.0257. The van der Waals surface area contributed by atoms with E-state index in [1.54, 1.807) is 41.1 Å². The van der Waals surface area contributed by atoms with Crippen LogP contribution in [0.15, 0.2) is 48.8 Å². The van der Waals surface area contributed by atoms with E-state index in [2.05, 4.69) is 25.5 Å². The number of hydrogen-bond acceptors (Lipinski definition) is 7. The molecule has 0 bridgehead atoms. The summed E-state index contributed by atoms with van der Waals surface area (Å²) in [5.41, 5.74) is 0.695. The van der Waals surface area contributed by atoms with E-state index in [0.29, 0.717) is 58.8 Å². The van der Waals surface area contributed by atoms with Crippen molar-refractivity contribution in [1.29, 1.82) is 0 Å². The lowest BCUT2D eigenvalue weighted by Crippen LogP contribution is -2.68. The lowest BCUT2D eigenvalue weighted by molar-refractivity contribution is 0.0795. The van der Waals surface area contributed by atoms with Gasteiger partial charge in [0.1, 0.15) is 35.0 Å². The van der Waals surface area contributed by atoms with E-state index in [1.807, 2.05) is 13.0 Å². The second kappa shape index (κ2) is 8.58. The second-order valence-electron chi connectivity index (χ2n) is 9.67.